The fourth-order valence-electron chi connectivity index (χ4n) is 3.18. The van der Waals surface area contributed by atoms with Crippen molar-refractivity contribution < 1.29 is 9.47 Å². The Balaban J connectivity index is 1.94. The number of benzene rings is 1. The maximum Gasteiger partial charge on any atom is 0.302 e. The third-order valence-corrected chi connectivity index (χ3v) is 5.05. The van der Waals surface area contributed by atoms with Crippen molar-refractivity contribution in [3.05, 3.63) is 36.0 Å². The number of imidazole rings is 1. The van der Waals surface area contributed by atoms with E-state index < -0.39 is 0 Å². The quantitative estimate of drug-likeness (QED) is 0.552. The molecule has 6 nitrogen and oxygen atoms in total. The first-order valence-corrected chi connectivity index (χ1v) is 9.85. The molecule has 0 bridgehead atoms. The second-order valence-electron chi connectivity index (χ2n) is 7.34. The van der Waals surface area contributed by atoms with E-state index in [1.807, 2.05) is 67.9 Å². The molecule has 3 rings (SSSR count). The molecular formula is C22H30N4O2. The Kier molecular flexibility index (Phi) is 6.07. The number of ether oxygens (including phenoxy) is 2. The summed E-state index contributed by atoms with van der Waals surface area (Å²) < 4.78 is 14.2. The summed E-state index contributed by atoms with van der Waals surface area (Å²) in [5.74, 6) is 2.84. The third-order valence-electron chi connectivity index (χ3n) is 5.05. The van der Waals surface area contributed by atoms with Gasteiger partial charge in [0.2, 0.25) is 0 Å². The number of hydrogen-bond acceptors (Lipinski definition) is 5. The minimum absolute atomic E-state index is 0.516. The first-order chi connectivity index (χ1) is 13.4. The van der Waals surface area contributed by atoms with Gasteiger partial charge in [0, 0.05) is 26.8 Å². The van der Waals surface area contributed by atoms with Crippen LogP contribution in [0.25, 0.3) is 11.0 Å². The van der Waals surface area contributed by atoms with Crippen LogP contribution in [-0.2, 0) is 7.05 Å². The van der Waals surface area contributed by atoms with Crippen molar-refractivity contribution in [2.75, 3.05) is 25.6 Å². The molecule has 3 aromatic rings. The monoisotopic (exact) mass is 382 g/mol. The zero-order chi connectivity index (χ0) is 20.3. The molecule has 0 saturated heterocycles. The van der Waals surface area contributed by atoms with Gasteiger partial charge in [0.1, 0.15) is 11.3 Å². The number of aromatic nitrogens is 3. The van der Waals surface area contributed by atoms with Crippen LogP contribution in [-0.4, -0.2) is 35.2 Å². The lowest BCUT2D eigenvalue weighted by atomic mass is 10.1. The van der Waals surface area contributed by atoms with Crippen molar-refractivity contribution >= 4 is 16.9 Å². The number of para-hydroxylation sites is 1. The van der Waals surface area contributed by atoms with Gasteiger partial charge in [-0.1, -0.05) is 32.8 Å². The van der Waals surface area contributed by atoms with Crippen molar-refractivity contribution in [2.45, 2.75) is 33.6 Å². The van der Waals surface area contributed by atoms with Gasteiger partial charge in [-0.25, -0.2) is 4.98 Å². The van der Waals surface area contributed by atoms with Crippen LogP contribution in [0, 0.1) is 12.8 Å². The first-order valence-electron chi connectivity index (χ1n) is 9.85. The van der Waals surface area contributed by atoms with Gasteiger partial charge < -0.3 is 14.4 Å². The van der Waals surface area contributed by atoms with E-state index in [0.29, 0.717) is 24.3 Å². The SMILES string of the molecule is CCC(CC)COc1cccc2nc(Oc3ccc(C)nc3N(C)C)n(C)c12. The Labute approximate surface area is 167 Å². The zero-order valence-electron chi connectivity index (χ0n) is 17.7. The van der Waals surface area contributed by atoms with Gasteiger partial charge in [-0.2, -0.15) is 4.98 Å². The van der Waals surface area contributed by atoms with E-state index in [9.17, 15) is 0 Å². The maximum absolute atomic E-state index is 6.16. The highest BCUT2D eigenvalue weighted by Crippen LogP contribution is 2.34. The van der Waals surface area contributed by atoms with Gasteiger partial charge in [-0.05, 0) is 37.1 Å². The van der Waals surface area contributed by atoms with Crippen LogP contribution in [0.3, 0.4) is 0 Å². The van der Waals surface area contributed by atoms with Crippen LogP contribution in [0.4, 0.5) is 5.82 Å². The number of nitrogens with zero attached hydrogens (tertiary/aromatic N) is 4. The van der Waals surface area contributed by atoms with Crippen molar-refractivity contribution in [3.8, 4) is 17.5 Å². The molecule has 0 fully saturated rings. The normalized spacial score (nSPS) is 11.2. The standard InChI is InChI=1S/C22H30N4O2/c1-7-16(8-2)14-27-18-11-9-10-17-20(18)26(6)22(24-17)28-19-13-12-15(3)23-21(19)25(4)5/h9-13,16H,7-8,14H2,1-6H3. The molecule has 1 aromatic carbocycles. The van der Waals surface area contributed by atoms with E-state index in [1.165, 1.54) is 0 Å². The van der Waals surface area contributed by atoms with E-state index in [1.54, 1.807) is 0 Å². The smallest absolute Gasteiger partial charge is 0.302 e. The molecule has 0 radical (unpaired) electrons. The lowest BCUT2D eigenvalue weighted by Gasteiger charge is -2.17. The molecule has 6 heteroatoms. The highest BCUT2D eigenvalue weighted by Gasteiger charge is 2.17. The van der Waals surface area contributed by atoms with Crippen molar-refractivity contribution in [3.63, 3.8) is 0 Å². The lowest BCUT2D eigenvalue weighted by Crippen LogP contribution is -2.13. The summed E-state index contributed by atoms with van der Waals surface area (Å²) in [5.41, 5.74) is 2.74. The molecule has 2 aromatic heterocycles. The fourth-order valence-corrected chi connectivity index (χ4v) is 3.18. The molecule has 28 heavy (non-hydrogen) atoms. The Bertz CT molecular complexity index is 945. The number of aryl methyl sites for hydroxylation is 2. The molecule has 0 aliphatic rings. The predicted molar refractivity (Wildman–Crippen MR) is 114 cm³/mol. The maximum atomic E-state index is 6.16. The van der Waals surface area contributed by atoms with Crippen LogP contribution in [0.2, 0.25) is 0 Å². The Morgan fingerprint density at radius 1 is 1.04 bits per heavy atom. The second kappa shape index (κ2) is 8.50. The number of anilines is 1. The summed E-state index contributed by atoms with van der Waals surface area (Å²) in [6, 6.07) is 10.3. The summed E-state index contributed by atoms with van der Waals surface area (Å²) in [4.78, 5) is 11.2. The average molecular weight is 383 g/mol. The molecule has 0 unspecified atom stereocenters. The van der Waals surface area contributed by atoms with Gasteiger partial charge in [0.05, 0.1) is 12.1 Å². The zero-order valence-corrected chi connectivity index (χ0v) is 17.7. The number of rotatable bonds is 8. The molecule has 0 amide bonds. The molecule has 0 saturated carbocycles. The van der Waals surface area contributed by atoms with Crippen molar-refractivity contribution in [2.24, 2.45) is 13.0 Å². The second-order valence-corrected chi connectivity index (χ2v) is 7.34. The molecular weight excluding hydrogens is 352 g/mol. The van der Waals surface area contributed by atoms with E-state index >= 15 is 0 Å². The van der Waals surface area contributed by atoms with Crippen LogP contribution < -0.4 is 14.4 Å². The van der Waals surface area contributed by atoms with E-state index in [4.69, 9.17) is 9.47 Å². The summed E-state index contributed by atoms with van der Waals surface area (Å²) in [6.07, 6.45) is 2.22. The van der Waals surface area contributed by atoms with Crippen LogP contribution in [0.5, 0.6) is 17.5 Å². The highest BCUT2D eigenvalue weighted by molar-refractivity contribution is 5.83. The number of pyridine rings is 1. The number of hydrogen-bond donors (Lipinski definition) is 0. The molecule has 0 atom stereocenters. The van der Waals surface area contributed by atoms with Gasteiger partial charge in [-0.15, -0.1) is 0 Å². The van der Waals surface area contributed by atoms with Gasteiger partial charge >= 0.3 is 6.01 Å². The van der Waals surface area contributed by atoms with E-state index in [2.05, 4.69) is 23.8 Å². The molecule has 2 heterocycles. The summed E-state index contributed by atoms with van der Waals surface area (Å²) in [6.45, 7) is 7.08. The molecule has 0 aliphatic heterocycles. The Morgan fingerprint density at radius 2 is 1.79 bits per heavy atom. The van der Waals surface area contributed by atoms with E-state index in [0.717, 1.165) is 41.1 Å². The molecule has 150 valence electrons. The van der Waals surface area contributed by atoms with Gasteiger partial charge in [0.15, 0.2) is 11.6 Å². The highest BCUT2D eigenvalue weighted by atomic mass is 16.5. The number of fused-ring (bicyclic) bond motifs is 1. The summed E-state index contributed by atoms with van der Waals surface area (Å²) >= 11 is 0. The average Bonchev–Trinajstić information content (AvgIpc) is 3.00. The predicted octanol–water partition coefficient (Wildman–Crippen LogP) is 4.95. The molecule has 0 N–H and O–H groups in total. The molecule has 0 spiro atoms. The Morgan fingerprint density at radius 3 is 2.46 bits per heavy atom. The summed E-state index contributed by atoms with van der Waals surface area (Å²) in [7, 11) is 5.85. The molecule has 0 aliphatic carbocycles. The minimum Gasteiger partial charge on any atom is -0.491 e. The third kappa shape index (κ3) is 4.06. The van der Waals surface area contributed by atoms with E-state index in [-0.39, 0.29) is 0 Å². The summed E-state index contributed by atoms with van der Waals surface area (Å²) in [5, 5.41) is 0. The van der Waals surface area contributed by atoms with Gasteiger partial charge in [-0.3, -0.25) is 4.57 Å². The van der Waals surface area contributed by atoms with Crippen LogP contribution in [0.1, 0.15) is 32.4 Å². The lowest BCUT2D eigenvalue weighted by molar-refractivity contribution is 0.242. The van der Waals surface area contributed by atoms with Crippen LogP contribution in [0.15, 0.2) is 30.3 Å². The Hall–Kier alpha value is -2.76. The van der Waals surface area contributed by atoms with Crippen molar-refractivity contribution in [1.82, 2.24) is 14.5 Å². The first kappa shape index (κ1) is 20.0. The van der Waals surface area contributed by atoms with Crippen LogP contribution >= 0.6 is 0 Å². The minimum atomic E-state index is 0.516. The topological polar surface area (TPSA) is 52.4 Å². The van der Waals surface area contributed by atoms with Crippen molar-refractivity contribution in [1.29, 1.82) is 0 Å². The fraction of sp³-hybridized carbons (Fsp3) is 0.455. The van der Waals surface area contributed by atoms with Gasteiger partial charge in [0.25, 0.3) is 0 Å². The largest absolute Gasteiger partial charge is 0.491 e.